The van der Waals surface area contributed by atoms with Crippen molar-refractivity contribution in [1.82, 2.24) is 9.62 Å². The number of carbonyl (C=O) groups excluding carboxylic acids is 2. The van der Waals surface area contributed by atoms with Gasteiger partial charge in [-0.3, -0.25) is 9.59 Å². The van der Waals surface area contributed by atoms with E-state index in [1.165, 1.54) is 29.6 Å². The molecule has 0 spiro atoms. The van der Waals surface area contributed by atoms with E-state index >= 15 is 0 Å². The van der Waals surface area contributed by atoms with Gasteiger partial charge in [0.1, 0.15) is 0 Å². The van der Waals surface area contributed by atoms with E-state index in [1.807, 2.05) is 0 Å². The van der Waals surface area contributed by atoms with Crippen molar-refractivity contribution in [2.75, 3.05) is 38.7 Å². The van der Waals surface area contributed by atoms with E-state index in [4.69, 9.17) is 16.3 Å². The van der Waals surface area contributed by atoms with Crippen LogP contribution in [-0.4, -0.2) is 57.9 Å². The lowest BCUT2D eigenvalue weighted by atomic mass is 10.1. The van der Waals surface area contributed by atoms with Crippen LogP contribution in [0.1, 0.15) is 40.0 Å². The molecule has 0 unspecified atom stereocenters. The minimum atomic E-state index is -3.72. The summed E-state index contributed by atoms with van der Waals surface area (Å²) in [5.74, 6) is -0.978. The molecule has 3 rings (SSSR count). The summed E-state index contributed by atoms with van der Waals surface area (Å²) in [6.45, 7) is 1.59. The number of hydrogen-bond acceptors (Lipinski definition) is 5. The molecule has 0 atom stereocenters. The molecule has 2 aromatic rings. The van der Waals surface area contributed by atoms with Gasteiger partial charge in [-0.15, -0.1) is 0 Å². The fraction of sp³-hybridized carbons (Fsp3) is 0.364. The number of nitrogens with zero attached hydrogens (tertiary/aromatic N) is 1. The highest BCUT2D eigenvalue weighted by Crippen LogP contribution is 2.26. The molecule has 1 heterocycles. The van der Waals surface area contributed by atoms with Crippen LogP contribution in [0.25, 0.3) is 0 Å². The molecule has 172 valence electrons. The van der Waals surface area contributed by atoms with Gasteiger partial charge < -0.3 is 15.4 Å². The predicted octanol–water partition coefficient (Wildman–Crippen LogP) is 3.14. The molecule has 1 aliphatic rings. The van der Waals surface area contributed by atoms with Gasteiger partial charge in [-0.2, -0.15) is 4.31 Å². The predicted molar refractivity (Wildman–Crippen MR) is 123 cm³/mol. The van der Waals surface area contributed by atoms with Crippen LogP contribution in [0.4, 0.5) is 5.69 Å². The van der Waals surface area contributed by atoms with E-state index < -0.39 is 15.9 Å². The number of carbonyl (C=O) groups is 2. The van der Waals surface area contributed by atoms with Gasteiger partial charge in [-0.25, -0.2) is 8.42 Å². The summed E-state index contributed by atoms with van der Waals surface area (Å²) in [7, 11) is -2.19. The molecular weight excluding hydrogens is 454 g/mol. The Labute approximate surface area is 192 Å². The standard InChI is InChI=1S/C22H26ClN3O5S/c1-31-14-11-24-21(27)17-7-3-4-8-20(17)25-22(28)18-15-16(9-10-19(18)23)32(29,30)26-12-5-2-6-13-26/h3-4,7-10,15H,2,5-6,11-14H2,1H3,(H,24,27)(H,25,28). The zero-order chi connectivity index (χ0) is 23.1. The van der Waals surface area contributed by atoms with Gasteiger partial charge in [0.05, 0.1) is 33.3 Å². The van der Waals surface area contributed by atoms with E-state index in [1.54, 1.807) is 24.3 Å². The second-order valence-corrected chi connectivity index (χ2v) is 9.70. The fourth-order valence-corrected chi connectivity index (χ4v) is 5.18. The number of amides is 2. The van der Waals surface area contributed by atoms with Gasteiger partial charge in [0.15, 0.2) is 0 Å². The fourth-order valence-electron chi connectivity index (χ4n) is 3.43. The zero-order valence-electron chi connectivity index (χ0n) is 17.8. The van der Waals surface area contributed by atoms with Gasteiger partial charge in [-0.1, -0.05) is 30.2 Å². The number of sulfonamides is 1. The number of hydrogen-bond donors (Lipinski definition) is 2. The summed E-state index contributed by atoms with van der Waals surface area (Å²) in [4.78, 5) is 25.4. The first-order valence-corrected chi connectivity index (χ1v) is 12.1. The first-order chi connectivity index (χ1) is 15.3. The van der Waals surface area contributed by atoms with Crippen molar-refractivity contribution in [3.05, 3.63) is 58.6 Å². The lowest BCUT2D eigenvalue weighted by Crippen LogP contribution is -2.35. The third-order valence-electron chi connectivity index (χ3n) is 5.15. The zero-order valence-corrected chi connectivity index (χ0v) is 19.3. The molecule has 1 fully saturated rings. The molecule has 8 nitrogen and oxygen atoms in total. The highest BCUT2D eigenvalue weighted by Gasteiger charge is 2.27. The van der Waals surface area contributed by atoms with Crippen LogP contribution in [-0.2, 0) is 14.8 Å². The lowest BCUT2D eigenvalue weighted by molar-refractivity contribution is 0.0938. The number of methoxy groups -OCH3 is 1. The Kier molecular flexibility index (Phi) is 8.25. The minimum absolute atomic E-state index is 0.0133. The largest absolute Gasteiger partial charge is 0.383 e. The van der Waals surface area contributed by atoms with Crippen LogP contribution < -0.4 is 10.6 Å². The van der Waals surface area contributed by atoms with E-state index in [9.17, 15) is 18.0 Å². The van der Waals surface area contributed by atoms with Crippen LogP contribution in [0.2, 0.25) is 5.02 Å². The van der Waals surface area contributed by atoms with Crippen molar-refractivity contribution in [3.63, 3.8) is 0 Å². The van der Waals surface area contributed by atoms with Crippen LogP contribution >= 0.6 is 11.6 Å². The smallest absolute Gasteiger partial charge is 0.257 e. The molecule has 0 aliphatic carbocycles. The summed E-state index contributed by atoms with van der Waals surface area (Å²) in [6.07, 6.45) is 2.62. The number of para-hydroxylation sites is 1. The number of halogens is 1. The van der Waals surface area contributed by atoms with Crippen LogP contribution in [0.5, 0.6) is 0 Å². The number of ether oxygens (including phenoxy) is 1. The Bertz CT molecular complexity index is 1080. The molecular formula is C22H26ClN3O5S. The Morgan fingerprint density at radius 2 is 1.75 bits per heavy atom. The molecule has 2 amide bonds. The van der Waals surface area contributed by atoms with Crippen molar-refractivity contribution >= 4 is 39.1 Å². The normalized spacial score (nSPS) is 14.7. The summed E-state index contributed by atoms with van der Waals surface area (Å²) in [5.41, 5.74) is 0.567. The summed E-state index contributed by atoms with van der Waals surface area (Å²) < 4.78 is 32.3. The molecule has 2 N–H and O–H groups in total. The third kappa shape index (κ3) is 5.66. The Balaban J connectivity index is 1.83. The third-order valence-corrected chi connectivity index (χ3v) is 7.37. The second kappa shape index (κ2) is 10.9. The molecule has 0 bridgehead atoms. The van der Waals surface area contributed by atoms with E-state index in [-0.39, 0.29) is 32.6 Å². The maximum Gasteiger partial charge on any atom is 0.257 e. The Morgan fingerprint density at radius 1 is 1.03 bits per heavy atom. The number of anilines is 1. The Hall–Kier alpha value is -2.46. The van der Waals surface area contributed by atoms with Crippen molar-refractivity contribution < 1.29 is 22.7 Å². The van der Waals surface area contributed by atoms with Crippen molar-refractivity contribution in [2.45, 2.75) is 24.2 Å². The first-order valence-electron chi connectivity index (χ1n) is 10.3. The van der Waals surface area contributed by atoms with Crippen molar-refractivity contribution in [1.29, 1.82) is 0 Å². The van der Waals surface area contributed by atoms with E-state index in [2.05, 4.69) is 10.6 Å². The molecule has 2 aromatic carbocycles. The molecule has 10 heteroatoms. The van der Waals surface area contributed by atoms with E-state index in [0.29, 0.717) is 26.2 Å². The minimum Gasteiger partial charge on any atom is -0.383 e. The second-order valence-electron chi connectivity index (χ2n) is 7.35. The highest BCUT2D eigenvalue weighted by atomic mass is 35.5. The average molecular weight is 480 g/mol. The van der Waals surface area contributed by atoms with Gasteiger partial charge in [0, 0.05) is 26.7 Å². The molecule has 0 saturated carbocycles. The monoisotopic (exact) mass is 479 g/mol. The molecule has 1 aliphatic heterocycles. The Morgan fingerprint density at radius 3 is 2.47 bits per heavy atom. The quantitative estimate of drug-likeness (QED) is 0.566. The molecule has 1 saturated heterocycles. The number of nitrogens with one attached hydrogen (secondary N) is 2. The topological polar surface area (TPSA) is 105 Å². The van der Waals surface area contributed by atoms with Gasteiger partial charge in [0.2, 0.25) is 10.0 Å². The van der Waals surface area contributed by atoms with Crippen molar-refractivity contribution in [2.24, 2.45) is 0 Å². The SMILES string of the molecule is COCCNC(=O)c1ccccc1NC(=O)c1cc(S(=O)(=O)N2CCCCC2)ccc1Cl. The average Bonchev–Trinajstić information content (AvgIpc) is 2.80. The summed E-state index contributed by atoms with van der Waals surface area (Å²) in [6, 6.07) is 10.6. The molecule has 32 heavy (non-hydrogen) atoms. The highest BCUT2D eigenvalue weighted by molar-refractivity contribution is 7.89. The van der Waals surface area contributed by atoms with Gasteiger partial charge >= 0.3 is 0 Å². The van der Waals surface area contributed by atoms with Crippen LogP contribution in [0.3, 0.4) is 0 Å². The molecule has 0 aromatic heterocycles. The summed E-state index contributed by atoms with van der Waals surface area (Å²) >= 11 is 6.22. The lowest BCUT2D eigenvalue weighted by Gasteiger charge is -2.26. The summed E-state index contributed by atoms with van der Waals surface area (Å²) in [5, 5.41) is 5.49. The maximum atomic E-state index is 13.0. The van der Waals surface area contributed by atoms with Crippen LogP contribution in [0.15, 0.2) is 47.4 Å². The van der Waals surface area contributed by atoms with Crippen LogP contribution in [0, 0.1) is 0 Å². The number of rotatable bonds is 8. The van der Waals surface area contributed by atoms with E-state index in [0.717, 1.165) is 19.3 Å². The number of benzene rings is 2. The van der Waals surface area contributed by atoms with Crippen molar-refractivity contribution in [3.8, 4) is 0 Å². The van der Waals surface area contributed by atoms with Gasteiger partial charge in [-0.05, 0) is 43.2 Å². The number of piperidine rings is 1. The maximum absolute atomic E-state index is 13.0. The van der Waals surface area contributed by atoms with Gasteiger partial charge in [0.25, 0.3) is 11.8 Å². The molecule has 0 radical (unpaired) electrons. The first kappa shape index (κ1) is 24.2.